The first-order valence-electron chi connectivity index (χ1n) is 10.0. The third-order valence-electron chi connectivity index (χ3n) is 5.17. The van der Waals surface area contributed by atoms with Crippen molar-refractivity contribution < 1.29 is 14.3 Å². The van der Waals surface area contributed by atoms with Crippen molar-refractivity contribution in [2.75, 3.05) is 31.7 Å². The number of hydrogen-bond acceptors (Lipinski definition) is 4. The molecule has 8 nitrogen and oxygen atoms in total. The molecule has 1 aliphatic rings. The minimum Gasteiger partial charge on any atom is -0.383 e. The summed E-state index contributed by atoms with van der Waals surface area (Å²) in [4.78, 5) is 32.0. The lowest BCUT2D eigenvalue weighted by molar-refractivity contribution is -0.123. The van der Waals surface area contributed by atoms with Crippen LogP contribution in [0.4, 0.5) is 10.7 Å². The van der Waals surface area contributed by atoms with Crippen molar-refractivity contribution >= 4 is 28.9 Å². The molecule has 4 rings (SSSR count). The summed E-state index contributed by atoms with van der Waals surface area (Å²) in [6.07, 6.45) is 0.398. The Labute approximate surface area is 174 Å². The number of urea groups is 1. The molecule has 2 aromatic carbocycles. The number of rotatable bonds is 7. The van der Waals surface area contributed by atoms with E-state index in [0.717, 1.165) is 16.6 Å². The van der Waals surface area contributed by atoms with Crippen LogP contribution in [-0.2, 0) is 22.5 Å². The number of nitrogens with zero attached hydrogens (tertiary/aromatic N) is 3. The zero-order valence-corrected chi connectivity index (χ0v) is 16.9. The van der Waals surface area contributed by atoms with Gasteiger partial charge in [0.05, 0.1) is 17.6 Å². The van der Waals surface area contributed by atoms with Crippen molar-refractivity contribution in [3.05, 3.63) is 60.2 Å². The molecule has 0 fully saturated rings. The molecule has 1 aromatic heterocycles. The van der Waals surface area contributed by atoms with Gasteiger partial charge in [-0.2, -0.15) is 0 Å². The molecule has 0 radical (unpaired) electrons. The van der Waals surface area contributed by atoms with Gasteiger partial charge in [0, 0.05) is 33.2 Å². The largest absolute Gasteiger partial charge is 0.383 e. The summed E-state index contributed by atoms with van der Waals surface area (Å²) in [5.41, 5.74) is 2.82. The average Bonchev–Trinajstić information content (AvgIpc) is 3.33. The van der Waals surface area contributed by atoms with Crippen LogP contribution in [0.1, 0.15) is 5.56 Å². The molecule has 2 N–H and O–H groups in total. The quantitative estimate of drug-likeness (QED) is 0.586. The number of ether oxygens (including phenoxy) is 1. The molecule has 0 spiro atoms. The molecule has 0 aliphatic carbocycles. The summed E-state index contributed by atoms with van der Waals surface area (Å²) in [6, 6.07) is 16.4. The van der Waals surface area contributed by atoms with E-state index in [4.69, 9.17) is 4.74 Å². The van der Waals surface area contributed by atoms with Gasteiger partial charge in [0.15, 0.2) is 0 Å². The van der Waals surface area contributed by atoms with E-state index < -0.39 is 6.04 Å². The number of amides is 3. The maximum atomic E-state index is 13.1. The molecule has 0 bridgehead atoms. The van der Waals surface area contributed by atoms with Crippen molar-refractivity contribution in [3.8, 4) is 0 Å². The van der Waals surface area contributed by atoms with Gasteiger partial charge in [-0.25, -0.2) is 9.78 Å². The Morgan fingerprint density at radius 3 is 2.67 bits per heavy atom. The normalized spacial score (nSPS) is 13.8. The van der Waals surface area contributed by atoms with Crippen LogP contribution in [0.5, 0.6) is 0 Å². The van der Waals surface area contributed by atoms with E-state index in [0.29, 0.717) is 38.6 Å². The van der Waals surface area contributed by atoms with Gasteiger partial charge in [0.2, 0.25) is 11.9 Å². The number of hydrogen-bond donors (Lipinski definition) is 2. The van der Waals surface area contributed by atoms with Crippen LogP contribution in [-0.4, -0.2) is 54.3 Å². The van der Waals surface area contributed by atoms with E-state index >= 15 is 0 Å². The van der Waals surface area contributed by atoms with Gasteiger partial charge >= 0.3 is 6.03 Å². The Balaban J connectivity index is 1.51. The molecular formula is C22H25N5O3. The summed E-state index contributed by atoms with van der Waals surface area (Å²) >= 11 is 0. The minimum absolute atomic E-state index is 0.239. The maximum absolute atomic E-state index is 13.1. The van der Waals surface area contributed by atoms with E-state index in [9.17, 15) is 9.59 Å². The lowest BCUT2D eigenvalue weighted by atomic mass is 10.1. The second kappa shape index (κ2) is 8.96. The molecular weight excluding hydrogens is 382 g/mol. The number of fused-ring (bicyclic) bond motifs is 3. The molecule has 3 amide bonds. The second-order valence-corrected chi connectivity index (χ2v) is 7.18. The number of anilines is 1. The van der Waals surface area contributed by atoms with Crippen molar-refractivity contribution in [2.45, 2.75) is 19.0 Å². The molecule has 8 heteroatoms. The fraction of sp³-hybridized carbons (Fsp3) is 0.318. The summed E-state index contributed by atoms with van der Waals surface area (Å²) in [5.74, 6) is 0.365. The molecule has 1 unspecified atom stereocenters. The highest BCUT2D eigenvalue weighted by Gasteiger charge is 2.31. The number of para-hydroxylation sites is 2. The Morgan fingerprint density at radius 1 is 1.10 bits per heavy atom. The minimum atomic E-state index is -0.699. The van der Waals surface area contributed by atoms with E-state index in [1.807, 2.05) is 59.2 Å². The first kappa shape index (κ1) is 19.9. The van der Waals surface area contributed by atoms with E-state index in [1.165, 1.54) is 0 Å². The second-order valence-electron chi connectivity index (χ2n) is 7.18. The molecule has 0 saturated heterocycles. The van der Waals surface area contributed by atoms with Crippen LogP contribution in [0, 0.1) is 0 Å². The van der Waals surface area contributed by atoms with Crippen molar-refractivity contribution in [3.63, 3.8) is 0 Å². The Kier molecular flexibility index (Phi) is 5.94. The lowest BCUT2D eigenvalue weighted by Crippen LogP contribution is -2.52. The molecule has 0 saturated carbocycles. The number of methoxy groups -OCH3 is 1. The predicted molar refractivity (Wildman–Crippen MR) is 114 cm³/mol. The van der Waals surface area contributed by atoms with Gasteiger partial charge in [0.1, 0.15) is 6.04 Å². The highest BCUT2D eigenvalue weighted by Crippen LogP contribution is 2.27. The SMILES string of the molecule is COCCNC(=O)C(Cc1ccccc1)NC(=O)N1CCn2c1nc1ccccc12. The third kappa shape index (κ3) is 4.13. The Morgan fingerprint density at radius 2 is 1.87 bits per heavy atom. The third-order valence-corrected chi connectivity index (χ3v) is 5.17. The van der Waals surface area contributed by atoms with Crippen LogP contribution in [0.15, 0.2) is 54.6 Å². The Bertz CT molecular complexity index is 1030. The first-order chi connectivity index (χ1) is 14.7. The molecule has 30 heavy (non-hydrogen) atoms. The molecule has 156 valence electrons. The number of carbonyl (C=O) groups excluding carboxylic acids is 2. The van der Waals surface area contributed by atoms with Crippen LogP contribution in [0.2, 0.25) is 0 Å². The number of carbonyl (C=O) groups is 2. The van der Waals surface area contributed by atoms with Crippen LogP contribution in [0.25, 0.3) is 11.0 Å². The van der Waals surface area contributed by atoms with Crippen LogP contribution in [0.3, 0.4) is 0 Å². The maximum Gasteiger partial charge on any atom is 0.324 e. The predicted octanol–water partition coefficient (Wildman–Crippen LogP) is 1.94. The number of imidazole rings is 1. The molecule has 3 aromatic rings. The Hall–Kier alpha value is -3.39. The standard InChI is InChI=1S/C22H25N5O3/c1-30-14-11-23-20(28)18(15-16-7-3-2-4-8-16)25-22(29)27-13-12-26-19-10-6-5-9-17(19)24-21(26)27/h2-10,18H,11-15H2,1H3,(H,23,28)(H,25,29). The van der Waals surface area contributed by atoms with E-state index in [-0.39, 0.29) is 11.9 Å². The summed E-state index contributed by atoms with van der Waals surface area (Å²) < 4.78 is 7.03. The van der Waals surface area contributed by atoms with Gasteiger partial charge < -0.3 is 19.9 Å². The number of nitrogens with one attached hydrogen (secondary N) is 2. The van der Waals surface area contributed by atoms with E-state index in [1.54, 1.807) is 12.0 Å². The van der Waals surface area contributed by atoms with Gasteiger partial charge in [-0.3, -0.25) is 9.69 Å². The molecule has 1 atom stereocenters. The fourth-order valence-electron chi connectivity index (χ4n) is 3.67. The zero-order chi connectivity index (χ0) is 20.9. The van der Waals surface area contributed by atoms with Crippen LogP contribution < -0.4 is 15.5 Å². The van der Waals surface area contributed by atoms with E-state index in [2.05, 4.69) is 15.6 Å². The van der Waals surface area contributed by atoms with Gasteiger partial charge in [-0.05, 0) is 17.7 Å². The lowest BCUT2D eigenvalue weighted by Gasteiger charge is -2.22. The monoisotopic (exact) mass is 407 g/mol. The van der Waals surface area contributed by atoms with Gasteiger partial charge in [-0.1, -0.05) is 42.5 Å². The number of benzene rings is 2. The summed E-state index contributed by atoms with van der Waals surface area (Å²) in [7, 11) is 1.58. The summed E-state index contributed by atoms with van der Waals surface area (Å²) in [6.45, 7) is 1.99. The van der Waals surface area contributed by atoms with Crippen molar-refractivity contribution in [1.82, 2.24) is 20.2 Å². The topological polar surface area (TPSA) is 88.5 Å². The average molecular weight is 407 g/mol. The zero-order valence-electron chi connectivity index (χ0n) is 16.9. The first-order valence-corrected chi connectivity index (χ1v) is 10.0. The van der Waals surface area contributed by atoms with Gasteiger partial charge in [-0.15, -0.1) is 0 Å². The summed E-state index contributed by atoms with van der Waals surface area (Å²) in [5, 5.41) is 5.72. The van der Waals surface area contributed by atoms with Crippen molar-refractivity contribution in [1.29, 1.82) is 0 Å². The number of aromatic nitrogens is 2. The highest BCUT2D eigenvalue weighted by molar-refractivity contribution is 5.96. The van der Waals surface area contributed by atoms with Crippen molar-refractivity contribution in [2.24, 2.45) is 0 Å². The molecule has 1 aliphatic heterocycles. The highest BCUT2D eigenvalue weighted by atomic mass is 16.5. The van der Waals surface area contributed by atoms with Gasteiger partial charge in [0.25, 0.3) is 0 Å². The fourth-order valence-corrected chi connectivity index (χ4v) is 3.67. The molecule has 2 heterocycles. The smallest absolute Gasteiger partial charge is 0.324 e. The van der Waals surface area contributed by atoms with Crippen LogP contribution >= 0.6 is 0 Å².